The molecule has 1 fully saturated rings. The zero-order valence-electron chi connectivity index (χ0n) is 30.4. The number of aromatic nitrogens is 3. The molecule has 13 heteroatoms. The molecule has 2 aliphatic heterocycles. The second-order valence-electron chi connectivity index (χ2n) is 14.9. The molecule has 52 heavy (non-hydrogen) atoms. The highest BCUT2D eigenvalue weighted by molar-refractivity contribution is 7.10. The summed E-state index contributed by atoms with van der Waals surface area (Å²) in [6.45, 7) is 10.5. The van der Waals surface area contributed by atoms with Gasteiger partial charge in [-0.1, -0.05) is 26.8 Å². The molecule has 3 aromatic heterocycles. The van der Waals surface area contributed by atoms with Crippen LogP contribution in [0.3, 0.4) is 0 Å². The predicted octanol–water partition coefficient (Wildman–Crippen LogP) is 5.93. The van der Waals surface area contributed by atoms with Gasteiger partial charge in [0.25, 0.3) is 5.91 Å². The topological polar surface area (TPSA) is 128 Å². The third kappa shape index (κ3) is 7.01. The van der Waals surface area contributed by atoms with Gasteiger partial charge >= 0.3 is 5.97 Å². The molecule has 0 spiro atoms. The number of hydrogen-bond acceptors (Lipinski definition) is 9. The molecule has 5 heterocycles. The van der Waals surface area contributed by atoms with Crippen molar-refractivity contribution in [2.24, 2.45) is 17.3 Å². The number of amides is 2. The van der Waals surface area contributed by atoms with Crippen molar-refractivity contribution in [1.29, 1.82) is 0 Å². The van der Waals surface area contributed by atoms with E-state index < -0.39 is 35.2 Å². The molecule has 6 bridgehead atoms. The summed E-state index contributed by atoms with van der Waals surface area (Å²) < 4.78 is 29.0. The second kappa shape index (κ2) is 14.2. The molecule has 4 aromatic rings. The van der Waals surface area contributed by atoms with Crippen molar-refractivity contribution in [2.45, 2.75) is 78.6 Å². The summed E-state index contributed by atoms with van der Waals surface area (Å²) in [5, 5.41) is 7.62. The van der Waals surface area contributed by atoms with Crippen LogP contribution in [0, 0.1) is 17.3 Å². The van der Waals surface area contributed by atoms with Crippen molar-refractivity contribution in [3.05, 3.63) is 70.1 Å². The largest absolute Gasteiger partial charge is 0.464 e. The number of nitrogens with one attached hydrogen (secondary N) is 2. The number of esters is 1. The van der Waals surface area contributed by atoms with E-state index in [-0.39, 0.29) is 43.4 Å². The van der Waals surface area contributed by atoms with Crippen LogP contribution in [0.25, 0.3) is 33.4 Å². The van der Waals surface area contributed by atoms with Crippen LogP contribution in [0.15, 0.2) is 53.8 Å². The smallest absolute Gasteiger partial charge is 0.329 e. The fourth-order valence-electron chi connectivity index (χ4n) is 7.30. The molecule has 7 rings (SSSR count). The number of hydrazine groups is 1. The first-order valence-corrected chi connectivity index (χ1v) is 18.7. The number of carbonyl (C=O) groups is 3. The Morgan fingerprint density at radius 2 is 2.06 bits per heavy atom. The normalized spacial score (nSPS) is 23.8. The van der Waals surface area contributed by atoms with Gasteiger partial charge in [0.05, 0.1) is 41.3 Å². The number of methoxy groups -OCH3 is 1. The number of ether oxygens (including phenoxy) is 2. The summed E-state index contributed by atoms with van der Waals surface area (Å²) in [7, 11) is 1.67. The molecule has 0 unspecified atom stereocenters. The first-order valence-electron chi connectivity index (χ1n) is 17.9. The van der Waals surface area contributed by atoms with E-state index in [0.29, 0.717) is 18.0 Å². The Kier molecular flexibility index (Phi) is 9.79. The number of cyclic esters (lactones) is 1. The lowest BCUT2D eigenvalue weighted by atomic mass is 9.84. The van der Waals surface area contributed by atoms with Gasteiger partial charge in [0, 0.05) is 65.0 Å². The summed E-state index contributed by atoms with van der Waals surface area (Å²) >= 11 is 1.40. The highest BCUT2D eigenvalue weighted by Crippen LogP contribution is 2.42. The minimum Gasteiger partial charge on any atom is -0.464 e. The van der Waals surface area contributed by atoms with Crippen LogP contribution >= 0.6 is 11.3 Å². The molecule has 1 aromatic carbocycles. The SMILES string of the molecule is CCn1c(-c2cccnc2[C@H](C)OC)c2c3cc(ccc31)-c1csc(n1)C[C@H](NC(=O)[C@H]1C[C@@H]1C)C(=O)N1CC(F)=C[C@H](N1)C(=O)OCC(C)(C)C2. The Hall–Kier alpha value is -4.46. The quantitative estimate of drug-likeness (QED) is 0.234. The molecule has 1 saturated carbocycles. The van der Waals surface area contributed by atoms with Gasteiger partial charge in [-0.2, -0.15) is 0 Å². The Labute approximate surface area is 306 Å². The van der Waals surface area contributed by atoms with E-state index in [1.54, 1.807) is 13.3 Å². The molecule has 11 nitrogen and oxygen atoms in total. The summed E-state index contributed by atoms with van der Waals surface area (Å²) in [4.78, 5) is 50.3. The summed E-state index contributed by atoms with van der Waals surface area (Å²) in [5.41, 5.74) is 8.87. The van der Waals surface area contributed by atoms with Gasteiger partial charge in [-0.05, 0) is 68.5 Å². The highest BCUT2D eigenvalue weighted by Gasteiger charge is 2.42. The lowest BCUT2D eigenvalue weighted by molar-refractivity contribution is -0.152. The van der Waals surface area contributed by atoms with Crippen LogP contribution in [0.1, 0.15) is 63.4 Å². The molecular weight excluding hydrogens is 684 g/mol. The zero-order chi connectivity index (χ0) is 36.9. The van der Waals surface area contributed by atoms with Crippen LogP contribution in [0.2, 0.25) is 0 Å². The summed E-state index contributed by atoms with van der Waals surface area (Å²) in [6, 6.07) is 8.08. The summed E-state index contributed by atoms with van der Waals surface area (Å²) in [6.07, 6.45) is 4.05. The van der Waals surface area contributed by atoms with Crippen LogP contribution in [0.4, 0.5) is 4.39 Å². The van der Waals surface area contributed by atoms with Crippen LogP contribution in [-0.2, 0) is 43.2 Å². The molecule has 2 N–H and O–H groups in total. The minimum atomic E-state index is -1.23. The van der Waals surface area contributed by atoms with E-state index >= 15 is 4.39 Å². The van der Waals surface area contributed by atoms with Crippen molar-refractivity contribution in [1.82, 2.24) is 30.3 Å². The Morgan fingerprint density at radius 3 is 2.79 bits per heavy atom. The van der Waals surface area contributed by atoms with Crippen LogP contribution < -0.4 is 10.7 Å². The van der Waals surface area contributed by atoms with Crippen molar-refractivity contribution in [3.8, 4) is 22.5 Å². The third-order valence-electron chi connectivity index (χ3n) is 10.3. The fourth-order valence-corrected chi connectivity index (χ4v) is 8.15. The number of rotatable bonds is 6. The predicted molar refractivity (Wildman–Crippen MR) is 197 cm³/mol. The van der Waals surface area contributed by atoms with Crippen LogP contribution in [0.5, 0.6) is 0 Å². The average Bonchev–Trinajstić information content (AvgIpc) is 3.55. The van der Waals surface area contributed by atoms with Gasteiger partial charge in [-0.15, -0.1) is 11.3 Å². The number of nitrogens with zero attached hydrogens (tertiary/aromatic N) is 4. The van der Waals surface area contributed by atoms with Crippen molar-refractivity contribution in [3.63, 3.8) is 0 Å². The summed E-state index contributed by atoms with van der Waals surface area (Å²) in [5.74, 6) is -2.08. The van der Waals surface area contributed by atoms with E-state index in [4.69, 9.17) is 19.4 Å². The molecule has 5 atom stereocenters. The number of benzene rings is 1. The fraction of sp³-hybridized carbons (Fsp3) is 0.462. The number of aryl methyl sites for hydroxylation is 1. The molecule has 1 aliphatic carbocycles. The Balaban J connectivity index is 1.37. The lowest BCUT2D eigenvalue weighted by Crippen LogP contribution is -2.59. The van der Waals surface area contributed by atoms with Crippen molar-refractivity contribution in [2.75, 3.05) is 20.3 Å². The highest BCUT2D eigenvalue weighted by atomic mass is 32.1. The number of fused-ring (bicyclic) bond motifs is 6. The first-order chi connectivity index (χ1) is 24.9. The molecule has 274 valence electrons. The van der Waals surface area contributed by atoms with E-state index in [0.717, 1.165) is 62.2 Å². The number of pyridine rings is 1. The van der Waals surface area contributed by atoms with Gasteiger partial charge in [-0.3, -0.25) is 19.6 Å². The third-order valence-corrected chi connectivity index (χ3v) is 11.2. The molecule has 0 saturated heterocycles. The van der Waals surface area contributed by atoms with Gasteiger partial charge in [-0.25, -0.2) is 19.6 Å². The van der Waals surface area contributed by atoms with Crippen LogP contribution in [-0.4, -0.2) is 69.7 Å². The Bertz CT molecular complexity index is 2070. The monoisotopic (exact) mass is 728 g/mol. The molecule has 0 radical (unpaired) electrons. The Morgan fingerprint density at radius 1 is 1.27 bits per heavy atom. The van der Waals surface area contributed by atoms with Gasteiger partial charge in [0.2, 0.25) is 5.91 Å². The molecule has 2 amide bonds. The first kappa shape index (κ1) is 35.9. The average molecular weight is 729 g/mol. The zero-order valence-corrected chi connectivity index (χ0v) is 31.2. The van der Waals surface area contributed by atoms with E-state index in [1.807, 2.05) is 39.1 Å². The van der Waals surface area contributed by atoms with E-state index in [1.165, 1.54) is 11.3 Å². The number of carbonyl (C=O) groups excluding carboxylic acids is 3. The standard InChI is InChI=1S/C39H45FN6O5S/c1-7-45-32-11-10-23-14-27(32)28(35(45)25-9-8-12-41-34(25)22(3)50-6)17-39(4,5)20-51-38(49)30-15-24(40)18-46(44-30)37(48)29(16-33-42-31(23)19-52-33)43-36(47)26-13-21(26)2/h8-12,14-15,19,21-22,26,29-30,44H,7,13,16-18,20H2,1-6H3,(H,43,47)/t21-,22-,26-,29-,30-/m0/s1. The van der Waals surface area contributed by atoms with Crippen molar-refractivity contribution >= 4 is 40.0 Å². The minimum absolute atomic E-state index is 0.0351. The van der Waals surface area contributed by atoms with Crippen molar-refractivity contribution < 1.29 is 28.2 Å². The molecule has 3 aliphatic rings. The van der Waals surface area contributed by atoms with Gasteiger partial charge in [0.15, 0.2) is 0 Å². The maximum atomic E-state index is 15.1. The number of thiazole rings is 1. The second-order valence-corrected chi connectivity index (χ2v) is 15.9. The molecular formula is C39H45FN6O5S. The number of halogens is 1. The van der Waals surface area contributed by atoms with E-state index in [2.05, 4.69) is 46.5 Å². The maximum Gasteiger partial charge on any atom is 0.329 e. The maximum absolute atomic E-state index is 15.1. The lowest BCUT2D eigenvalue weighted by Gasteiger charge is -2.33. The van der Waals surface area contributed by atoms with Gasteiger partial charge in [0.1, 0.15) is 17.9 Å². The number of hydrogen-bond donors (Lipinski definition) is 2. The van der Waals surface area contributed by atoms with Gasteiger partial charge < -0.3 is 19.4 Å². The van der Waals surface area contributed by atoms with E-state index in [9.17, 15) is 14.4 Å².